The fraction of sp³-hybridized carbons (Fsp3) is 0.909. The summed E-state index contributed by atoms with van der Waals surface area (Å²) < 4.78 is 0. The molecule has 1 saturated carbocycles. The summed E-state index contributed by atoms with van der Waals surface area (Å²) in [5.41, 5.74) is 0. The van der Waals surface area contributed by atoms with Gasteiger partial charge in [0, 0.05) is 17.7 Å². The second kappa shape index (κ2) is 7.12. The minimum Gasteiger partial charge on any atom is -0.481 e. The van der Waals surface area contributed by atoms with Crippen molar-refractivity contribution >= 4 is 17.7 Å². The number of thioether (sulfide) groups is 1. The molecule has 2 N–H and O–H groups in total. The molecule has 2 atom stereocenters. The highest BCUT2D eigenvalue weighted by molar-refractivity contribution is 7.99. The molecule has 15 heavy (non-hydrogen) atoms. The molecular formula is C11H21NO2S. The van der Waals surface area contributed by atoms with Crippen molar-refractivity contribution in [3.05, 3.63) is 0 Å². The normalized spacial score (nSPS) is 25.7. The number of aliphatic carboxylic acids is 1. The van der Waals surface area contributed by atoms with Gasteiger partial charge in [-0.1, -0.05) is 13.3 Å². The molecular weight excluding hydrogens is 210 g/mol. The lowest BCUT2D eigenvalue weighted by Gasteiger charge is -2.19. The van der Waals surface area contributed by atoms with Gasteiger partial charge in [-0.3, -0.25) is 4.79 Å². The number of nitrogens with one attached hydrogen (secondary N) is 1. The van der Waals surface area contributed by atoms with E-state index in [-0.39, 0.29) is 6.42 Å². The molecule has 1 aliphatic carbocycles. The van der Waals surface area contributed by atoms with E-state index in [2.05, 4.69) is 12.2 Å². The van der Waals surface area contributed by atoms with E-state index in [1.54, 1.807) is 0 Å². The Hall–Kier alpha value is -0.220. The van der Waals surface area contributed by atoms with Crippen LogP contribution < -0.4 is 5.32 Å². The number of carbonyl (C=O) groups is 1. The van der Waals surface area contributed by atoms with Crippen molar-refractivity contribution in [1.29, 1.82) is 0 Å². The van der Waals surface area contributed by atoms with Crippen molar-refractivity contribution in [2.45, 2.75) is 50.3 Å². The van der Waals surface area contributed by atoms with Gasteiger partial charge in [-0.15, -0.1) is 0 Å². The summed E-state index contributed by atoms with van der Waals surface area (Å²) in [6, 6.07) is 0.615. The van der Waals surface area contributed by atoms with E-state index in [9.17, 15) is 4.79 Å². The number of hydrogen-bond acceptors (Lipinski definition) is 3. The van der Waals surface area contributed by atoms with E-state index in [1.807, 2.05) is 11.8 Å². The van der Waals surface area contributed by atoms with Crippen molar-refractivity contribution in [1.82, 2.24) is 5.32 Å². The Labute approximate surface area is 96.0 Å². The van der Waals surface area contributed by atoms with Crippen LogP contribution in [0.3, 0.4) is 0 Å². The highest BCUT2D eigenvalue weighted by Gasteiger charge is 2.26. The summed E-state index contributed by atoms with van der Waals surface area (Å²) in [6.07, 6.45) is 4.91. The Balaban J connectivity index is 2.11. The second-order valence-electron chi connectivity index (χ2n) is 3.98. The summed E-state index contributed by atoms with van der Waals surface area (Å²) in [5.74, 6) is 0.487. The average molecular weight is 231 g/mol. The molecule has 0 amide bonds. The zero-order valence-corrected chi connectivity index (χ0v) is 10.2. The van der Waals surface area contributed by atoms with Crippen LogP contribution in [0, 0.1) is 0 Å². The van der Waals surface area contributed by atoms with Crippen LogP contribution >= 0.6 is 11.8 Å². The highest BCUT2D eigenvalue weighted by atomic mass is 32.2. The first-order chi connectivity index (χ1) is 7.24. The monoisotopic (exact) mass is 231 g/mol. The molecule has 0 aromatic carbocycles. The summed E-state index contributed by atoms with van der Waals surface area (Å²) in [6.45, 7) is 3.04. The smallest absolute Gasteiger partial charge is 0.303 e. The minimum atomic E-state index is -0.692. The Morgan fingerprint density at radius 2 is 2.33 bits per heavy atom. The predicted molar refractivity (Wildman–Crippen MR) is 64.4 cm³/mol. The van der Waals surface area contributed by atoms with Crippen molar-refractivity contribution in [3.8, 4) is 0 Å². The number of carboxylic acid groups (broad SMARTS) is 1. The molecule has 0 aliphatic heterocycles. The Morgan fingerprint density at radius 1 is 1.53 bits per heavy atom. The van der Waals surface area contributed by atoms with Crippen LogP contribution in [0.2, 0.25) is 0 Å². The maximum Gasteiger partial charge on any atom is 0.303 e. The molecule has 0 aromatic heterocycles. The summed E-state index contributed by atoms with van der Waals surface area (Å²) in [5, 5.41) is 12.7. The van der Waals surface area contributed by atoms with Crippen molar-refractivity contribution in [2.24, 2.45) is 0 Å². The number of hydrogen-bond donors (Lipinski definition) is 2. The summed E-state index contributed by atoms with van der Waals surface area (Å²) >= 11 is 2.03. The average Bonchev–Trinajstić information content (AvgIpc) is 2.61. The third kappa shape index (κ3) is 4.89. The third-order valence-corrected chi connectivity index (χ3v) is 4.13. The largest absolute Gasteiger partial charge is 0.481 e. The van der Waals surface area contributed by atoms with Gasteiger partial charge in [-0.25, -0.2) is 0 Å². The molecule has 0 aromatic rings. The van der Waals surface area contributed by atoms with Crippen LogP contribution in [-0.4, -0.2) is 34.7 Å². The second-order valence-corrected chi connectivity index (χ2v) is 5.50. The number of rotatable bonds is 7. The Kier molecular flexibility index (Phi) is 6.10. The lowest BCUT2D eigenvalue weighted by Crippen LogP contribution is -2.35. The molecule has 0 saturated heterocycles. The van der Waals surface area contributed by atoms with E-state index in [0.29, 0.717) is 6.04 Å². The van der Waals surface area contributed by atoms with Crippen molar-refractivity contribution in [2.75, 3.05) is 12.3 Å². The van der Waals surface area contributed by atoms with Crippen LogP contribution in [0.15, 0.2) is 0 Å². The minimum absolute atomic E-state index is 0.283. The first kappa shape index (κ1) is 12.8. The molecule has 0 heterocycles. The van der Waals surface area contributed by atoms with Gasteiger partial charge < -0.3 is 10.4 Å². The summed E-state index contributed by atoms with van der Waals surface area (Å²) in [7, 11) is 0. The Morgan fingerprint density at radius 3 is 3.00 bits per heavy atom. The van der Waals surface area contributed by atoms with Crippen molar-refractivity contribution < 1.29 is 9.90 Å². The molecule has 88 valence electrons. The van der Waals surface area contributed by atoms with E-state index < -0.39 is 5.97 Å². The molecule has 3 nitrogen and oxygen atoms in total. The first-order valence-corrected chi connectivity index (χ1v) is 6.85. The molecule has 0 bridgehead atoms. The van der Waals surface area contributed by atoms with Crippen LogP contribution in [0.1, 0.15) is 39.0 Å². The van der Waals surface area contributed by atoms with Crippen LogP contribution in [0.5, 0.6) is 0 Å². The van der Waals surface area contributed by atoms with E-state index in [1.165, 1.54) is 25.0 Å². The molecule has 1 fully saturated rings. The molecule has 1 aliphatic rings. The quantitative estimate of drug-likeness (QED) is 0.659. The molecule has 0 spiro atoms. The topological polar surface area (TPSA) is 49.3 Å². The van der Waals surface area contributed by atoms with Gasteiger partial charge >= 0.3 is 5.97 Å². The van der Waals surface area contributed by atoms with Gasteiger partial charge in [0.1, 0.15) is 0 Å². The SMILES string of the molecule is CCSC1CCCC1NCCCC(=O)O. The fourth-order valence-electron chi connectivity index (χ4n) is 2.10. The zero-order chi connectivity index (χ0) is 11.1. The lowest BCUT2D eigenvalue weighted by molar-refractivity contribution is -0.137. The van der Waals surface area contributed by atoms with E-state index in [0.717, 1.165) is 18.2 Å². The highest BCUT2D eigenvalue weighted by Crippen LogP contribution is 2.29. The van der Waals surface area contributed by atoms with Crippen molar-refractivity contribution in [3.63, 3.8) is 0 Å². The van der Waals surface area contributed by atoms with E-state index >= 15 is 0 Å². The molecule has 4 heteroatoms. The van der Waals surface area contributed by atoms with Gasteiger partial charge in [0.2, 0.25) is 0 Å². The molecule has 2 unspecified atom stereocenters. The van der Waals surface area contributed by atoms with Crippen LogP contribution in [0.4, 0.5) is 0 Å². The van der Waals surface area contributed by atoms with Gasteiger partial charge in [-0.05, 0) is 31.6 Å². The molecule has 0 radical (unpaired) electrons. The summed E-state index contributed by atoms with van der Waals surface area (Å²) in [4.78, 5) is 10.3. The van der Waals surface area contributed by atoms with Gasteiger partial charge in [0.05, 0.1) is 0 Å². The molecule has 1 rings (SSSR count). The maximum atomic E-state index is 10.3. The first-order valence-electron chi connectivity index (χ1n) is 5.80. The van der Waals surface area contributed by atoms with Gasteiger partial charge in [0.15, 0.2) is 0 Å². The van der Waals surface area contributed by atoms with Gasteiger partial charge in [0.25, 0.3) is 0 Å². The lowest BCUT2D eigenvalue weighted by atomic mass is 10.2. The van der Waals surface area contributed by atoms with Crippen LogP contribution in [-0.2, 0) is 4.79 Å². The maximum absolute atomic E-state index is 10.3. The standard InChI is InChI=1S/C11H21NO2S/c1-2-15-10-6-3-5-9(10)12-8-4-7-11(13)14/h9-10,12H,2-8H2,1H3,(H,13,14). The predicted octanol–water partition coefficient (Wildman–Crippen LogP) is 2.11. The number of carboxylic acids is 1. The third-order valence-electron chi connectivity index (χ3n) is 2.81. The van der Waals surface area contributed by atoms with E-state index in [4.69, 9.17) is 5.11 Å². The van der Waals surface area contributed by atoms with Gasteiger partial charge in [-0.2, -0.15) is 11.8 Å². The fourth-order valence-corrected chi connectivity index (χ4v) is 3.33. The Bertz CT molecular complexity index is 199. The van der Waals surface area contributed by atoms with Crippen LogP contribution in [0.25, 0.3) is 0 Å². The zero-order valence-electron chi connectivity index (χ0n) is 9.37.